The number of hydrogen-bond donors (Lipinski definition) is 1. The van der Waals surface area contributed by atoms with Crippen molar-refractivity contribution in [1.82, 2.24) is 4.90 Å². The molecule has 1 fully saturated rings. The second-order valence-electron chi connectivity index (χ2n) is 7.72. The highest BCUT2D eigenvalue weighted by molar-refractivity contribution is 8.00. The molecule has 1 N–H and O–H groups in total. The minimum absolute atomic E-state index is 0.0198. The number of nitrogens with one attached hydrogen (secondary N) is 1. The van der Waals surface area contributed by atoms with Gasteiger partial charge in [-0.2, -0.15) is 0 Å². The van der Waals surface area contributed by atoms with Gasteiger partial charge in [-0.3, -0.25) is 9.59 Å². The molecule has 1 heterocycles. The van der Waals surface area contributed by atoms with Crippen LogP contribution >= 0.6 is 11.8 Å². The molecule has 30 heavy (non-hydrogen) atoms. The summed E-state index contributed by atoms with van der Waals surface area (Å²) in [4.78, 5) is 28.1. The van der Waals surface area contributed by atoms with Crippen LogP contribution in [-0.4, -0.2) is 42.7 Å². The van der Waals surface area contributed by atoms with Gasteiger partial charge in [-0.05, 0) is 68.0 Å². The van der Waals surface area contributed by atoms with Crippen molar-refractivity contribution in [2.24, 2.45) is 5.92 Å². The van der Waals surface area contributed by atoms with Gasteiger partial charge < -0.3 is 15.0 Å². The van der Waals surface area contributed by atoms with Crippen LogP contribution in [0, 0.1) is 12.8 Å². The van der Waals surface area contributed by atoms with E-state index in [2.05, 4.69) is 5.32 Å². The molecule has 0 bridgehead atoms. The molecule has 0 spiro atoms. The Morgan fingerprint density at radius 2 is 2.00 bits per heavy atom. The Kier molecular flexibility index (Phi) is 8.20. The fourth-order valence-electron chi connectivity index (χ4n) is 3.73. The average molecular weight is 427 g/mol. The van der Waals surface area contributed by atoms with Crippen LogP contribution in [0.1, 0.15) is 31.2 Å². The molecule has 160 valence electrons. The lowest BCUT2D eigenvalue weighted by Crippen LogP contribution is -2.41. The van der Waals surface area contributed by atoms with Crippen LogP contribution in [0.5, 0.6) is 5.75 Å². The van der Waals surface area contributed by atoms with Gasteiger partial charge >= 0.3 is 0 Å². The molecular weight excluding hydrogens is 396 g/mol. The van der Waals surface area contributed by atoms with Crippen LogP contribution < -0.4 is 10.1 Å². The van der Waals surface area contributed by atoms with E-state index in [4.69, 9.17) is 4.74 Å². The highest BCUT2D eigenvalue weighted by Gasteiger charge is 2.24. The maximum absolute atomic E-state index is 12.6. The molecule has 0 unspecified atom stereocenters. The molecular formula is C24H30N2O3S. The summed E-state index contributed by atoms with van der Waals surface area (Å²) >= 11 is 1.58. The van der Waals surface area contributed by atoms with Crippen molar-refractivity contribution in [3.63, 3.8) is 0 Å². The summed E-state index contributed by atoms with van der Waals surface area (Å²) in [5.41, 5.74) is 1.80. The molecule has 1 saturated heterocycles. The Morgan fingerprint density at radius 3 is 2.73 bits per heavy atom. The smallest absolute Gasteiger partial charge is 0.232 e. The summed E-state index contributed by atoms with van der Waals surface area (Å²) in [6, 6.07) is 15.6. The van der Waals surface area contributed by atoms with E-state index in [0.717, 1.165) is 54.2 Å². The Labute approximate surface area is 183 Å². The number of carbonyl (C=O) groups excluding carboxylic acids is 2. The molecule has 3 rings (SSSR count). The Bertz CT molecular complexity index is 857. The Hall–Kier alpha value is -2.47. The lowest BCUT2D eigenvalue weighted by Gasteiger charge is -2.32. The number of aryl methyl sites for hydroxylation is 1. The number of anilines is 1. The van der Waals surface area contributed by atoms with Crippen molar-refractivity contribution < 1.29 is 14.3 Å². The van der Waals surface area contributed by atoms with Crippen molar-refractivity contribution in [2.45, 2.75) is 37.5 Å². The number of piperidine rings is 1. The van der Waals surface area contributed by atoms with E-state index in [0.29, 0.717) is 18.1 Å². The first-order valence-electron chi connectivity index (χ1n) is 10.5. The third-order valence-electron chi connectivity index (χ3n) is 5.46. The van der Waals surface area contributed by atoms with Crippen LogP contribution in [0.3, 0.4) is 0 Å². The molecule has 2 aromatic carbocycles. The monoisotopic (exact) mass is 426 g/mol. The van der Waals surface area contributed by atoms with E-state index in [1.165, 1.54) is 0 Å². The zero-order chi connectivity index (χ0) is 21.3. The van der Waals surface area contributed by atoms with E-state index in [9.17, 15) is 9.59 Å². The molecule has 0 radical (unpaired) electrons. The first kappa shape index (κ1) is 22.2. The summed E-state index contributed by atoms with van der Waals surface area (Å²) in [7, 11) is 1.63. The lowest BCUT2D eigenvalue weighted by molar-refractivity contribution is -0.130. The number of methoxy groups -OCH3 is 1. The number of rotatable bonds is 8. The first-order chi connectivity index (χ1) is 14.5. The van der Waals surface area contributed by atoms with Crippen LogP contribution in [0.4, 0.5) is 5.69 Å². The summed E-state index contributed by atoms with van der Waals surface area (Å²) < 4.78 is 5.21. The van der Waals surface area contributed by atoms with Gasteiger partial charge in [0.2, 0.25) is 11.8 Å². The second-order valence-corrected chi connectivity index (χ2v) is 8.77. The van der Waals surface area contributed by atoms with Gasteiger partial charge in [-0.15, -0.1) is 11.8 Å². The maximum Gasteiger partial charge on any atom is 0.232 e. The third kappa shape index (κ3) is 6.52. The number of thioether (sulfide) groups is 1. The van der Waals surface area contributed by atoms with E-state index in [-0.39, 0.29) is 11.8 Å². The summed E-state index contributed by atoms with van der Waals surface area (Å²) in [5, 5.41) is 3.00. The van der Waals surface area contributed by atoms with Gasteiger partial charge in [0.25, 0.3) is 0 Å². The SMILES string of the molecule is COc1ccc(NC(=O)CC[C@@H]2CCCN(C(=O)CSc3ccccc3)C2)c(C)c1. The van der Waals surface area contributed by atoms with E-state index < -0.39 is 0 Å². The van der Waals surface area contributed by atoms with E-state index >= 15 is 0 Å². The van der Waals surface area contributed by atoms with Crippen molar-refractivity contribution in [1.29, 1.82) is 0 Å². The largest absolute Gasteiger partial charge is 0.497 e. The lowest BCUT2D eigenvalue weighted by atomic mass is 9.93. The maximum atomic E-state index is 12.6. The van der Waals surface area contributed by atoms with Crippen molar-refractivity contribution in [3.05, 3.63) is 54.1 Å². The number of nitrogens with zero attached hydrogens (tertiary/aromatic N) is 1. The van der Waals surface area contributed by atoms with Crippen LogP contribution in [0.2, 0.25) is 0 Å². The number of carbonyl (C=O) groups is 2. The number of ether oxygens (including phenoxy) is 1. The second kappa shape index (κ2) is 11.1. The Balaban J connectivity index is 1.43. The predicted octanol–water partition coefficient (Wildman–Crippen LogP) is 4.75. The predicted molar refractivity (Wildman–Crippen MR) is 122 cm³/mol. The highest BCUT2D eigenvalue weighted by Crippen LogP contribution is 2.25. The summed E-state index contributed by atoms with van der Waals surface area (Å²) in [5.74, 6) is 1.83. The summed E-state index contributed by atoms with van der Waals surface area (Å²) in [6.45, 7) is 3.53. The minimum Gasteiger partial charge on any atom is -0.497 e. The average Bonchev–Trinajstić information content (AvgIpc) is 2.78. The number of hydrogen-bond acceptors (Lipinski definition) is 4. The number of benzene rings is 2. The first-order valence-corrected chi connectivity index (χ1v) is 11.4. The van der Waals surface area contributed by atoms with Crippen LogP contribution in [0.15, 0.2) is 53.4 Å². The molecule has 2 aromatic rings. The molecule has 1 aliphatic heterocycles. The molecule has 5 nitrogen and oxygen atoms in total. The fourth-order valence-corrected chi connectivity index (χ4v) is 4.55. The third-order valence-corrected chi connectivity index (χ3v) is 6.46. The highest BCUT2D eigenvalue weighted by atomic mass is 32.2. The van der Waals surface area contributed by atoms with Crippen molar-refractivity contribution in [3.8, 4) is 5.75 Å². The van der Waals surface area contributed by atoms with Gasteiger partial charge in [0, 0.05) is 30.1 Å². The topological polar surface area (TPSA) is 58.6 Å². The molecule has 6 heteroatoms. The molecule has 0 aliphatic carbocycles. The Morgan fingerprint density at radius 1 is 1.20 bits per heavy atom. The zero-order valence-electron chi connectivity index (χ0n) is 17.7. The van der Waals surface area contributed by atoms with Crippen molar-refractivity contribution in [2.75, 3.05) is 31.3 Å². The number of amides is 2. The zero-order valence-corrected chi connectivity index (χ0v) is 18.5. The normalized spacial score (nSPS) is 16.2. The van der Waals surface area contributed by atoms with E-state index in [1.54, 1.807) is 18.9 Å². The van der Waals surface area contributed by atoms with Gasteiger partial charge in [0.15, 0.2) is 0 Å². The van der Waals surface area contributed by atoms with Crippen molar-refractivity contribution >= 4 is 29.3 Å². The van der Waals surface area contributed by atoms with Gasteiger partial charge in [0.1, 0.15) is 5.75 Å². The van der Waals surface area contributed by atoms with Gasteiger partial charge in [-0.25, -0.2) is 0 Å². The van der Waals surface area contributed by atoms with Gasteiger partial charge in [0.05, 0.1) is 12.9 Å². The minimum atomic E-state index is 0.0198. The quantitative estimate of drug-likeness (QED) is 0.619. The number of likely N-dealkylation sites (tertiary alicyclic amines) is 1. The molecule has 0 aromatic heterocycles. The molecule has 2 amide bonds. The van der Waals surface area contributed by atoms with E-state index in [1.807, 2.05) is 60.4 Å². The molecule has 1 aliphatic rings. The van der Waals surface area contributed by atoms with Gasteiger partial charge in [-0.1, -0.05) is 18.2 Å². The van der Waals surface area contributed by atoms with Crippen LogP contribution in [0.25, 0.3) is 0 Å². The summed E-state index contributed by atoms with van der Waals surface area (Å²) in [6.07, 6.45) is 3.35. The standard InChI is InChI=1S/C24H30N2O3S/c1-18-15-20(29-2)11-12-22(18)25-23(27)13-10-19-7-6-14-26(16-19)24(28)17-30-21-8-4-3-5-9-21/h3-5,8-9,11-12,15,19H,6-7,10,13-14,16-17H2,1-2H3,(H,25,27)/t19-/m0/s1. The van der Waals surface area contributed by atoms with Crippen LogP contribution in [-0.2, 0) is 9.59 Å². The molecule has 0 saturated carbocycles. The molecule has 1 atom stereocenters. The fraction of sp³-hybridized carbons (Fsp3) is 0.417.